The number of piperazine rings is 1. The number of piperidine rings is 1. The first-order chi connectivity index (χ1) is 8.72. The molecule has 1 atom stereocenters. The van der Waals surface area contributed by atoms with Gasteiger partial charge >= 0.3 is 0 Å². The molecule has 2 rings (SSSR count). The van der Waals surface area contributed by atoms with Gasteiger partial charge in [0.25, 0.3) is 0 Å². The molecule has 2 heterocycles. The van der Waals surface area contributed by atoms with Crippen LogP contribution in [0, 0.1) is 0 Å². The minimum absolute atomic E-state index is 0.0147. The average Bonchev–Trinajstić information content (AvgIpc) is 2.47. The molecule has 0 aromatic rings. The van der Waals surface area contributed by atoms with Gasteiger partial charge in [-0.1, -0.05) is 0 Å². The van der Waals surface area contributed by atoms with Crippen LogP contribution < -0.4 is 5.32 Å². The standard InChI is InChI=1S/C13H25N3O2/c1-11(13(17)16-9-5-14-6-10-16)15-7-3-12(18-2)4-8-15/h11-12,14H,3-10H2,1-2H3. The minimum atomic E-state index is 0.0147. The van der Waals surface area contributed by atoms with Gasteiger partial charge in [-0.15, -0.1) is 0 Å². The smallest absolute Gasteiger partial charge is 0.239 e. The fraction of sp³-hybridized carbons (Fsp3) is 0.923. The maximum absolute atomic E-state index is 12.4. The zero-order valence-corrected chi connectivity index (χ0v) is 11.5. The molecular weight excluding hydrogens is 230 g/mol. The summed E-state index contributed by atoms with van der Waals surface area (Å²) in [5.74, 6) is 0.285. The Kier molecular flexibility index (Phi) is 4.97. The first kappa shape index (κ1) is 13.8. The summed E-state index contributed by atoms with van der Waals surface area (Å²) in [6, 6.07) is 0.0147. The van der Waals surface area contributed by atoms with Crippen LogP contribution in [0.15, 0.2) is 0 Å². The van der Waals surface area contributed by atoms with Crippen molar-refractivity contribution in [2.45, 2.75) is 31.9 Å². The molecule has 104 valence electrons. The van der Waals surface area contributed by atoms with Crippen molar-refractivity contribution in [3.05, 3.63) is 0 Å². The third kappa shape index (κ3) is 3.22. The normalized spacial score (nSPS) is 25.1. The summed E-state index contributed by atoms with van der Waals surface area (Å²) in [6.07, 6.45) is 2.45. The van der Waals surface area contributed by atoms with Crippen LogP contribution in [-0.2, 0) is 9.53 Å². The van der Waals surface area contributed by atoms with E-state index in [4.69, 9.17) is 4.74 Å². The van der Waals surface area contributed by atoms with Gasteiger partial charge in [0, 0.05) is 46.4 Å². The summed E-state index contributed by atoms with van der Waals surface area (Å²) in [4.78, 5) is 16.7. The van der Waals surface area contributed by atoms with E-state index in [2.05, 4.69) is 10.2 Å². The van der Waals surface area contributed by atoms with E-state index in [9.17, 15) is 4.79 Å². The van der Waals surface area contributed by atoms with Crippen molar-refractivity contribution in [3.8, 4) is 0 Å². The van der Waals surface area contributed by atoms with Gasteiger partial charge in [0.15, 0.2) is 0 Å². The predicted molar refractivity (Wildman–Crippen MR) is 70.5 cm³/mol. The molecule has 0 bridgehead atoms. The molecule has 2 fully saturated rings. The van der Waals surface area contributed by atoms with Crippen LogP contribution in [0.4, 0.5) is 0 Å². The molecule has 1 amide bonds. The molecule has 0 spiro atoms. The summed E-state index contributed by atoms with van der Waals surface area (Å²) >= 11 is 0. The highest BCUT2D eigenvalue weighted by atomic mass is 16.5. The van der Waals surface area contributed by atoms with E-state index in [1.54, 1.807) is 7.11 Å². The second-order valence-corrected chi connectivity index (χ2v) is 5.22. The van der Waals surface area contributed by atoms with Crippen molar-refractivity contribution < 1.29 is 9.53 Å². The number of nitrogens with zero attached hydrogens (tertiary/aromatic N) is 2. The second-order valence-electron chi connectivity index (χ2n) is 5.22. The number of carbonyl (C=O) groups excluding carboxylic acids is 1. The summed E-state index contributed by atoms with van der Waals surface area (Å²) < 4.78 is 5.37. The Balaban J connectivity index is 1.83. The van der Waals surface area contributed by atoms with Crippen molar-refractivity contribution in [1.82, 2.24) is 15.1 Å². The lowest BCUT2D eigenvalue weighted by Gasteiger charge is -2.38. The summed E-state index contributed by atoms with van der Waals surface area (Å²) in [5.41, 5.74) is 0. The van der Waals surface area contributed by atoms with Crippen LogP contribution in [0.25, 0.3) is 0 Å². The third-order valence-electron chi connectivity index (χ3n) is 4.14. The van der Waals surface area contributed by atoms with Gasteiger partial charge in [0.2, 0.25) is 5.91 Å². The lowest BCUT2D eigenvalue weighted by molar-refractivity contribution is -0.138. The molecule has 5 heteroatoms. The molecule has 0 aromatic carbocycles. The van der Waals surface area contributed by atoms with E-state index < -0.39 is 0 Å². The number of nitrogens with one attached hydrogen (secondary N) is 1. The summed E-state index contributed by atoms with van der Waals surface area (Å²) in [7, 11) is 1.77. The minimum Gasteiger partial charge on any atom is -0.381 e. The van der Waals surface area contributed by atoms with Crippen LogP contribution in [0.3, 0.4) is 0 Å². The van der Waals surface area contributed by atoms with Crippen molar-refractivity contribution >= 4 is 5.91 Å². The number of rotatable bonds is 3. The predicted octanol–water partition coefficient (Wildman–Crippen LogP) is -0.0825. The Morgan fingerprint density at radius 3 is 2.39 bits per heavy atom. The van der Waals surface area contributed by atoms with Crippen LogP contribution >= 0.6 is 0 Å². The van der Waals surface area contributed by atoms with E-state index >= 15 is 0 Å². The molecular formula is C13H25N3O2. The van der Waals surface area contributed by atoms with Gasteiger partial charge in [-0.2, -0.15) is 0 Å². The maximum Gasteiger partial charge on any atom is 0.239 e. The molecule has 2 saturated heterocycles. The van der Waals surface area contributed by atoms with E-state index in [1.165, 1.54) is 0 Å². The Labute approximate surface area is 109 Å². The molecule has 1 N–H and O–H groups in total. The van der Waals surface area contributed by atoms with Crippen LogP contribution in [0.1, 0.15) is 19.8 Å². The average molecular weight is 255 g/mol. The molecule has 2 aliphatic rings. The van der Waals surface area contributed by atoms with E-state index in [1.807, 2.05) is 11.8 Å². The number of likely N-dealkylation sites (tertiary alicyclic amines) is 1. The third-order valence-corrected chi connectivity index (χ3v) is 4.14. The van der Waals surface area contributed by atoms with Crippen LogP contribution in [0.5, 0.6) is 0 Å². The van der Waals surface area contributed by atoms with Gasteiger partial charge in [0.1, 0.15) is 0 Å². The lowest BCUT2D eigenvalue weighted by Crippen LogP contribution is -2.54. The largest absolute Gasteiger partial charge is 0.381 e. The SMILES string of the molecule is COC1CCN(C(C)C(=O)N2CCNCC2)CC1. The molecule has 0 aromatic heterocycles. The van der Waals surface area contributed by atoms with Gasteiger partial charge in [0.05, 0.1) is 12.1 Å². The van der Waals surface area contributed by atoms with E-state index in [0.717, 1.165) is 52.1 Å². The topological polar surface area (TPSA) is 44.8 Å². The van der Waals surface area contributed by atoms with Crippen molar-refractivity contribution in [3.63, 3.8) is 0 Å². The van der Waals surface area contributed by atoms with Gasteiger partial charge in [-0.3, -0.25) is 9.69 Å². The molecule has 0 aliphatic carbocycles. The number of ether oxygens (including phenoxy) is 1. The van der Waals surface area contributed by atoms with Crippen molar-refractivity contribution in [2.75, 3.05) is 46.4 Å². The monoisotopic (exact) mass is 255 g/mol. The van der Waals surface area contributed by atoms with Crippen LogP contribution in [0.2, 0.25) is 0 Å². The fourth-order valence-electron chi connectivity index (χ4n) is 2.80. The first-order valence-corrected chi connectivity index (χ1v) is 6.98. The Morgan fingerprint density at radius 1 is 1.22 bits per heavy atom. The highest BCUT2D eigenvalue weighted by Crippen LogP contribution is 2.16. The molecule has 18 heavy (non-hydrogen) atoms. The molecule has 0 radical (unpaired) electrons. The number of hydrogen-bond donors (Lipinski definition) is 1. The van der Waals surface area contributed by atoms with Gasteiger partial charge in [-0.05, 0) is 19.8 Å². The molecule has 2 aliphatic heterocycles. The van der Waals surface area contributed by atoms with Crippen molar-refractivity contribution in [1.29, 1.82) is 0 Å². The lowest BCUT2D eigenvalue weighted by atomic mass is 10.1. The van der Waals surface area contributed by atoms with E-state index in [0.29, 0.717) is 6.10 Å². The summed E-state index contributed by atoms with van der Waals surface area (Å²) in [5, 5.41) is 3.28. The number of hydrogen-bond acceptors (Lipinski definition) is 4. The Morgan fingerprint density at radius 2 is 1.83 bits per heavy atom. The number of methoxy groups -OCH3 is 1. The highest BCUT2D eigenvalue weighted by Gasteiger charge is 2.29. The highest BCUT2D eigenvalue weighted by molar-refractivity contribution is 5.81. The van der Waals surface area contributed by atoms with Gasteiger partial charge < -0.3 is 15.0 Å². The number of carbonyl (C=O) groups is 1. The molecule has 0 saturated carbocycles. The fourth-order valence-corrected chi connectivity index (χ4v) is 2.80. The van der Waals surface area contributed by atoms with E-state index in [-0.39, 0.29) is 11.9 Å². The zero-order chi connectivity index (χ0) is 13.0. The second kappa shape index (κ2) is 6.50. The Bertz CT molecular complexity index is 271. The summed E-state index contributed by atoms with van der Waals surface area (Å²) in [6.45, 7) is 7.51. The zero-order valence-electron chi connectivity index (χ0n) is 11.5. The van der Waals surface area contributed by atoms with Crippen LogP contribution in [-0.4, -0.2) is 74.2 Å². The van der Waals surface area contributed by atoms with Crippen molar-refractivity contribution in [2.24, 2.45) is 0 Å². The van der Waals surface area contributed by atoms with Gasteiger partial charge in [-0.25, -0.2) is 0 Å². The maximum atomic E-state index is 12.4. The first-order valence-electron chi connectivity index (χ1n) is 6.98. The number of amides is 1. The molecule has 1 unspecified atom stereocenters. The quantitative estimate of drug-likeness (QED) is 0.766. The molecule has 5 nitrogen and oxygen atoms in total. The Hall–Kier alpha value is -0.650.